The normalized spacial score (nSPS) is 10.4. The van der Waals surface area contributed by atoms with Crippen molar-refractivity contribution in [2.24, 2.45) is 0 Å². The Kier molecular flexibility index (Phi) is 5.27. The van der Waals surface area contributed by atoms with Crippen molar-refractivity contribution in [3.05, 3.63) is 45.5 Å². The molecule has 0 aliphatic heterocycles. The van der Waals surface area contributed by atoms with Crippen LogP contribution in [0.25, 0.3) is 0 Å². The molecule has 0 aliphatic carbocycles. The van der Waals surface area contributed by atoms with Crippen LogP contribution in [0.2, 0.25) is 0 Å². The number of amides is 1. The molecular formula is C15H18FN3OS. The van der Waals surface area contributed by atoms with Gasteiger partial charge in [-0.25, -0.2) is 9.37 Å². The van der Waals surface area contributed by atoms with E-state index in [-0.39, 0.29) is 11.4 Å². The van der Waals surface area contributed by atoms with E-state index in [9.17, 15) is 9.18 Å². The number of hydrogen-bond donors (Lipinski definition) is 2. The molecule has 0 aliphatic rings. The number of hydrogen-bond acceptors (Lipinski definition) is 4. The second kappa shape index (κ2) is 7.17. The number of carbonyl (C=O) groups excluding carboxylic acids is 1. The molecule has 0 fully saturated rings. The van der Waals surface area contributed by atoms with Crippen LogP contribution in [0.1, 0.15) is 34.8 Å². The van der Waals surface area contributed by atoms with Gasteiger partial charge in [0.1, 0.15) is 0 Å². The predicted molar refractivity (Wildman–Crippen MR) is 83.2 cm³/mol. The number of halogens is 1. The van der Waals surface area contributed by atoms with Crippen LogP contribution in [0.5, 0.6) is 0 Å². The maximum absolute atomic E-state index is 14.2. The van der Waals surface area contributed by atoms with Gasteiger partial charge in [-0.3, -0.25) is 4.79 Å². The van der Waals surface area contributed by atoms with Crippen LogP contribution in [-0.2, 0) is 6.54 Å². The average molecular weight is 307 g/mol. The maximum Gasteiger partial charge on any atom is 0.254 e. The molecule has 21 heavy (non-hydrogen) atoms. The number of rotatable bonds is 6. The molecule has 0 unspecified atom stereocenters. The lowest BCUT2D eigenvalue weighted by Gasteiger charge is -2.09. The van der Waals surface area contributed by atoms with E-state index >= 15 is 0 Å². The molecule has 2 heterocycles. The standard InChI is InChI=1S/C15H18FN3OS/c1-3-5-17-14-13(16)12(4-6-18-14)15(20)19-7-11-9-21-8-10(11)2/h4,6,8-9H,3,5,7H2,1-2H3,(H,17,18)(H,19,20). The van der Waals surface area contributed by atoms with E-state index in [0.29, 0.717) is 13.1 Å². The lowest BCUT2D eigenvalue weighted by Crippen LogP contribution is -2.24. The number of nitrogens with zero attached hydrogens (tertiary/aromatic N) is 1. The number of aromatic nitrogens is 1. The third kappa shape index (κ3) is 3.78. The van der Waals surface area contributed by atoms with Crippen molar-refractivity contribution in [3.63, 3.8) is 0 Å². The Morgan fingerprint density at radius 3 is 2.90 bits per heavy atom. The van der Waals surface area contributed by atoms with Gasteiger partial charge in [0.15, 0.2) is 11.6 Å². The third-order valence-corrected chi connectivity index (χ3v) is 3.99. The van der Waals surface area contributed by atoms with Crippen molar-refractivity contribution >= 4 is 23.1 Å². The number of aryl methyl sites for hydroxylation is 1. The maximum atomic E-state index is 14.2. The molecule has 2 rings (SSSR count). The van der Waals surface area contributed by atoms with Gasteiger partial charge in [-0.15, -0.1) is 0 Å². The molecule has 0 saturated heterocycles. The topological polar surface area (TPSA) is 54.0 Å². The highest BCUT2D eigenvalue weighted by molar-refractivity contribution is 7.08. The lowest BCUT2D eigenvalue weighted by atomic mass is 10.2. The van der Waals surface area contributed by atoms with Gasteiger partial charge in [-0.1, -0.05) is 6.92 Å². The zero-order valence-electron chi connectivity index (χ0n) is 12.1. The molecule has 2 aromatic rings. The lowest BCUT2D eigenvalue weighted by molar-refractivity contribution is 0.0947. The molecule has 0 spiro atoms. The van der Waals surface area contributed by atoms with Crippen LogP contribution < -0.4 is 10.6 Å². The molecule has 1 amide bonds. The quantitative estimate of drug-likeness (QED) is 0.860. The van der Waals surface area contributed by atoms with Crippen LogP contribution in [0.3, 0.4) is 0 Å². The molecular weight excluding hydrogens is 289 g/mol. The van der Waals surface area contributed by atoms with Gasteiger partial charge in [0.2, 0.25) is 0 Å². The number of pyridine rings is 1. The summed E-state index contributed by atoms with van der Waals surface area (Å²) in [6, 6.07) is 1.39. The second-order valence-electron chi connectivity index (χ2n) is 4.71. The Morgan fingerprint density at radius 2 is 2.24 bits per heavy atom. The molecule has 0 bridgehead atoms. The fraction of sp³-hybridized carbons (Fsp3) is 0.333. The summed E-state index contributed by atoms with van der Waals surface area (Å²) in [5, 5.41) is 9.60. The highest BCUT2D eigenvalue weighted by Crippen LogP contribution is 2.16. The van der Waals surface area contributed by atoms with Crippen molar-refractivity contribution in [2.45, 2.75) is 26.8 Å². The first-order valence-corrected chi connectivity index (χ1v) is 7.76. The molecule has 4 nitrogen and oxygen atoms in total. The smallest absolute Gasteiger partial charge is 0.254 e. The summed E-state index contributed by atoms with van der Waals surface area (Å²) in [5.41, 5.74) is 2.18. The summed E-state index contributed by atoms with van der Waals surface area (Å²) in [4.78, 5) is 16.0. The molecule has 0 atom stereocenters. The van der Waals surface area contributed by atoms with Crippen molar-refractivity contribution < 1.29 is 9.18 Å². The van der Waals surface area contributed by atoms with Gasteiger partial charge in [0.05, 0.1) is 5.56 Å². The van der Waals surface area contributed by atoms with E-state index in [0.717, 1.165) is 17.5 Å². The SMILES string of the molecule is CCCNc1nccc(C(=O)NCc2cscc2C)c1F. The van der Waals surface area contributed by atoms with Crippen molar-refractivity contribution in [1.29, 1.82) is 0 Å². The summed E-state index contributed by atoms with van der Waals surface area (Å²) >= 11 is 1.58. The largest absolute Gasteiger partial charge is 0.368 e. The Labute approximate surface area is 127 Å². The first-order valence-electron chi connectivity index (χ1n) is 6.81. The molecule has 2 aromatic heterocycles. The summed E-state index contributed by atoms with van der Waals surface area (Å²) in [6.45, 7) is 4.97. The van der Waals surface area contributed by atoms with E-state index < -0.39 is 11.7 Å². The molecule has 2 N–H and O–H groups in total. The fourth-order valence-electron chi connectivity index (χ4n) is 1.82. The molecule has 0 aromatic carbocycles. The van der Waals surface area contributed by atoms with Gasteiger partial charge in [0, 0.05) is 19.3 Å². The van der Waals surface area contributed by atoms with Crippen molar-refractivity contribution in [3.8, 4) is 0 Å². The first kappa shape index (κ1) is 15.4. The van der Waals surface area contributed by atoms with Gasteiger partial charge >= 0.3 is 0 Å². The first-order chi connectivity index (χ1) is 10.1. The minimum atomic E-state index is -0.606. The number of anilines is 1. The van der Waals surface area contributed by atoms with Crippen LogP contribution in [-0.4, -0.2) is 17.4 Å². The van der Waals surface area contributed by atoms with E-state index in [1.807, 2.05) is 24.6 Å². The highest BCUT2D eigenvalue weighted by atomic mass is 32.1. The van der Waals surface area contributed by atoms with E-state index in [4.69, 9.17) is 0 Å². The molecule has 0 radical (unpaired) electrons. The van der Waals surface area contributed by atoms with Gasteiger partial charge < -0.3 is 10.6 Å². The van der Waals surface area contributed by atoms with E-state index in [2.05, 4.69) is 15.6 Å². The number of thiophene rings is 1. The fourth-order valence-corrected chi connectivity index (χ4v) is 2.68. The number of nitrogens with one attached hydrogen (secondary N) is 2. The molecule has 6 heteroatoms. The Bertz CT molecular complexity index is 627. The van der Waals surface area contributed by atoms with Crippen LogP contribution in [0.15, 0.2) is 23.0 Å². The van der Waals surface area contributed by atoms with E-state index in [1.54, 1.807) is 11.3 Å². The van der Waals surface area contributed by atoms with Crippen molar-refractivity contribution in [2.75, 3.05) is 11.9 Å². The van der Waals surface area contributed by atoms with Crippen LogP contribution >= 0.6 is 11.3 Å². The van der Waals surface area contributed by atoms with E-state index in [1.165, 1.54) is 12.3 Å². The predicted octanol–water partition coefficient (Wildman–Crippen LogP) is 3.34. The third-order valence-electron chi connectivity index (χ3n) is 3.08. The van der Waals surface area contributed by atoms with Gasteiger partial charge in [0.25, 0.3) is 5.91 Å². The Morgan fingerprint density at radius 1 is 1.43 bits per heavy atom. The van der Waals surface area contributed by atoms with Crippen molar-refractivity contribution in [1.82, 2.24) is 10.3 Å². The van der Waals surface area contributed by atoms with Crippen LogP contribution in [0, 0.1) is 12.7 Å². The Balaban J connectivity index is 2.07. The second-order valence-corrected chi connectivity index (χ2v) is 5.45. The minimum absolute atomic E-state index is 0.0106. The highest BCUT2D eigenvalue weighted by Gasteiger charge is 2.15. The zero-order valence-corrected chi connectivity index (χ0v) is 12.9. The summed E-state index contributed by atoms with van der Waals surface area (Å²) in [7, 11) is 0. The monoisotopic (exact) mass is 307 g/mol. The summed E-state index contributed by atoms with van der Waals surface area (Å²) in [6.07, 6.45) is 2.29. The minimum Gasteiger partial charge on any atom is -0.368 e. The van der Waals surface area contributed by atoms with Gasteiger partial charge in [-0.2, -0.15) is 11.3 Å². The van der Waals surface area contributed by atoms with Crippen LogP contribution in [0.4, 0.5) is 10.2 Å². The van der Waals surface area contributed by atoms with Gasteiger partial charge in [-0.05, 0) is 41.3 Å². The molecule has 0 saturated carbocycles. The zero-order chi connectivity index (χ0) is 15.2. The summed E-state index contributed by atoms with van der Waals surface area (Å²) in [5.74, 6) is -0.915. The number of carbonyl (C=O) groups is 1. The molecule has 112 valence electrons. The Hall–Kier alpha value is -1.95. The summed E-state index contributed by atoms with van der Waals surface area (Å²) < 4.78 is 14.2. The average Bonchev–Trinajstić information content (AvgIpc) is 2.89.